The normalized spacial score (nSPS) is 15.4. The van der Waals surface area contributed by atoms with Crippen LogP contribution in [0.15, 0.2) is 36.5 Å². The molecule has 0 atom stereocenters. The third-order valence-corrected chi connectivity index (χ3v) is 3.63. The van der Waals surface area contributed by atoms with E-state index in [1.54, 1.807) is 0 Å². The Bertz CT molecular complexity index is 392. The number of unbranched alkanes of at least 4 members (excludes halogenated alkanes) is 1. The quantitative estimate of drug-likeness (QED) is 0.393. The molecule has 0 radical (unpaired) electrons. The van der Waals surface area contributed by atoms with Gasteiger partial charge in [0, 0.05) is 18.5 Å². The van der Waals surface area contributed by atoms with E-state index in [4.69, 9.17) is 0 Å². The number of nitrogens with one attached hydrogen (secondary N) is 2. The van der Waals surface area contributed by atoms with E-state index in [0.29, 0.717) is 18.5 Å². The predicted molar refractivity (Wildman–Crippen MR) is 99.4 cm³/mol. The average Bonchev–Trinajstić information content (AvgIpc) is 3.31. The first-order valence-corrected chi connectivity index (χ1v) is 9.16. The summed E-state index contributed by atoms with van der Waals surface area (Å²) < 4.78 is 0. The minimum atomic E-state index is 0.219. The molecule has 0 aromatic rings. The van der Waals surface area contributed by atoms with Gasteiger partial charge < -0.3 is 10.6 Å². The van der Waals surface area contributed by atoms with Crippen molar-refractivity contribution >= 4 is 5.91 Å². The maximum absolute atomic E-state index is 11.5. The number of allylic oxidation sites excluding steroid dienone is 5. The fraction of sp³-hybridized carbons (Fsp3) is 0.650. The maximum Gasteiger partial charge on any atom is 0.220 e. The van der Waals surface area contributed by atoms with Crippen molar-refractivity contribution in [1.82, 2.24) is 10.6 Å². The van der Waals surface area contributed by atoms with Crippen molar-refractivity contribution in [3.63, 3.8) is 0 Å². The lowest BCUT2D eigenvalue weighted by molar-refractivity contribution is -0.121. The highest BCUT2D eigenvalue weighted by atomic mass is 16.1. The Kier molecular flexibility index (Phi) is 11.2. The zero-order chi connectivity index (χ0) is 16.8. The summed E-state index contributed by atoms with van der Waals surface area (Å²) in [5, 5.41) is 6.41. The number of carbonyl (C=O) groups excluding carboxylic acids is 1. The monoisotopic (exact) mass is 318 g/mol. The molecule has 1 saturated carbocycles. The molecule has 23 heavy (non-hydrogen) atoms. The fourth-order valence-corrected chi connectivity index (χ4v) is 2.14. The van der Waals surface area contributed by atoms with E-state index in [2.05, 4.69) is 60.9 Å². The molecule has 0 heterocycles. The molecule has 0 spiro atoms. The Morgan fingerprint density at radius 1 is 1.00 bits per heavy atom. The van der Waals surface area contributed by atoms with Crippen LogP contribution in [0.1, 0.15) is 65.2 Å². The molecule has 2 N–H and O–H groups in total. The predicted octanol–water partition coefficient (Wildman–Crippen LogP) is 4.27. The SMILES string of the molecule is CC(C)NCC/C=C\C/C=C\C/C=C\CCCC(=O)NC1CC1. The lowest BCUT2D eigenvalue weighted by atomic mass is 10.2. The number of hydrogen-bond donors (Lipinski definition) is 2. The van der Waals surface area contributed by atoms with Gasteiger partial charge in [-0.15, -0.1) is 0 Å². The van der Waals surface area contributed by atoms with Crippen LogP contribution in [-0.4, -0.2) is 24.5 Å². The van der Waals surface area contributed by atoms with Gasteiger partial charge in [0.1, 0.15) is 0 Å². The lowest BCUT2D eigenvalue weighted by Gasteiger charge is -2.04. The van der Waals surface area contributed by atoms with Crippen molar-refractivity contribution < 1.29 is 4.79 Å². The second-order valence-corrected chi connectivity index (χ2v) is 6.52. The molecule has 0 unspecified atom stereocenters. The highest BCUT2D eigenvalue weighted by Gasteiger charge is 2.22. The Morgan fingerprint density at radius 3 is 2.22 bits per heavy atom. The van der Waals surface area contributed by atoms with Crippen molar-refractivity contribution in [2.45, 2.75) is 77.3 Å². The van der Waals surface area contributed by atoms with Crippen LogP contribution in [0.4, 0.5) is 0 Å². The average molecular weight is 319 g/mol. The van der Waals surface area contributed by atoms with Crippen LogP contribution in [-0.2, 0) is 4.79 Å². The molecule has 1 rings (SSSR count). The van der Waals surface area contributed by atoms with Crippen molar-refractivity contribution in [1.29, 1.82) is 0 Å². The minimum absolute atomic E-state index is 0.219. The van der Waals surface area contributed by atoms with Crippen LogP contribution in [0.25, 0.3) is 0 Å². The minimum Gasteiger partial charge on any atom is -0.353 e. The van der Waals surface area contributed by atoms with Gasteiger partial charge in [0.05, 0.1) is 0 Å². The molecule has 0 saturated heterocycles. The van der Waals surface area contributed by atoms with Crippen LogP contribution in [0.2, 0.25) is 0 Å². The smallest absolute Gasteiger partial charge is 0.220 e. The van der Waals surface area contributed by atoms with Gasteiger partial charge in [-0.3, -0.25) is 4.79 Å². The van der Waals surface area contributed by atoms with Crippen LogP contribution in [0.3, 0.4) is 0 Å². The molecule has 1 aliphatic carbocycles. The number of carbonyl (C=O) groups is 1. The molecule has 130 valence electrons. The summed E-state index contributed by atoms with van der Waals surface area (Å²) in [6.07, 6.45) is 21.3. The summed E-state index contributed by atoms with van der Waals surface area (Å²) in [7, 11) is 0. The Labute approximate surface area is 142 Å². The van der Waals surface area contributed by atoms with E-state index < -0.39 is 0 Å². The van der Waals surface area contributed by atoms with Crippen molar-refractivity contribution in [2.24, 2.45) is 0 Å². The summed E-state index contributed by atoms with van der Waals surface area (Å²) in [5.41, 5.74) is 0. The van der Waals surface area contributed by atoms with Gasteiger partial charge >= 0.3 is 0 Å². The van der Waals surface area contributed by atoms with Gasteiger partial charge in [0.2, 0.25) is 5.91 Å². The van der Waals surface area contributed by atoms with Gasteiger partial charge in [-0.1, -0.05) is 50.3 Å². The van der Waals surface area contributed by atoms with Gasteiger partial charge in [-0.05, 0) is 51.5 Å². The van der Waals surface area contributed by atoms with Crippen LogP contribution in [0, 0.1) is 0 Å². The van der Waals surface area contributed by atoms with E-state index in [1.807, 2.05) is 0 Å². The Hall–Kier alpha value is -1.35. The van der Waals surface area contributed by atoms with Crippen LogP contribution < -0.4 is 10.6 Å². The summed E-state index contributed by atoms with van der Waals surface area (Å²) in [6, 6.07) is 1.06. The van der Waals surface area contributed by atoms with E-state index in [9.17, 15) is 4.79 Å². The lowest BCUT2D eigenvalue weighted by Crippen LogP contribution is -2.24. The van der Waals surface area contributed by atoms with Gasteiger partial charge in [-0.25, -0.2) is 0 Å². The van der Waals surface area contributed by atoms with Gasteiger partial charge in [0.15, 0.2) is 0 Å². The third kappa shape index (κ3) is 14.0. The number of amides is 1. The molecule has 1 fully saturated rings. The second kappa shape index (κ2) is 13.1. The van der Waals surface area contributed by atoms with Crippen molar-refractivity contribution in [3.05, 3.63) is 36.5 Å². The van der Waals surface area contributed by atoms with Crippen molar-refractivity contribution in [3.8, 4) is 0 Å². The Morgan fingerprint density at radius 2 is 1.61 bits per heavy atom. The number of hydrogen-bond acceptors (Lipinski definition) is 2. The molecule has 1 aliphatic rings. The standard InChI is InChI=1S/C20H34N2O/c1-18(2)21-17-13-11-9-7-5-3-4-6-8-10-12-14-20(23)22-19-15-16-19/h3,5-6,8-9,11,18-19,21H,4,7,10,12-17H2,1-2H3,(H,22,23)/b5-3-,8-6-,11-9-. The topological polar surface area (TPSA) is 41.1 Å². The second-order valence-electron chi connectivity index (χ2n) is 6.52. The fourth-order valence-electron chi connectivity index (χ4n) is 2.14. The first kappa shape index (κ1) is 19.7. The summed E-state index contributed by atoms with van der Waals surface area (Å²) in [5.74, 6) is 0.219. The molecule has 0 aromatic carbocycles. The third-order valence-electron chi connectivity index (χ3n) is 3.63. The summed E-state index contributed by atoms with van der Waals surface area (Å²) >= 11 is 0. The van der Waals surface area contributed by atoms with E-state index in [1.165, 1.54) is 12.8 Å². The van der Waals surface area contributed by atoms with Crippen LogP contribution in [0.5, 0.6) is 0 Å². The first-order valence-electron chi connectivity index (χ1n) is 9.16. The molecular weight excluding hydrogens is 284 g/mol. The molecule has 0 bridgehead atoms. The first-order chi connectivity index (χ1) is 11.2. The molecule has 1 amide bonds. The zero-order valence-corrected chi connectivity index (χ0v) is 14.9. The molecule has 3 heteroatoms. The summed E-state index contributed by atoms with van der Waals surface area (Å²) in [4.78, 5) is 11.5. The Balaban J connectivity index is 1.86. The molecule has 3 nitrogen and oxygen atoms in total. The van der Waals surface area contributed by atoms with E-state index in [-0.39, 0.29) is 5.91 Å². The zero-order valence-electron chi connectivity index (χ0n) is 14.9. The van der Waals surface area contributed by atoms with Crippen LogP contribution >= 0.6 is 0 Å². The highest BCUT2D eigenvalue weighted by molar-refractivity contribution is 5.76. The molecule has 0 aromatic heterocycles. The van der Waals surface area contributed by atoms with E-state index >= 15 is 0 Å². The van der Waals surface area contributed by atoms with Gasteiger partial charge in [0.25, 0.3) is 0 Å². The van der Waals surface area contributed by atoms with Gasteiger partial charge in [-0.2, -0.15) is 0 Å². The summed E-state index contributed by atoms with van der Waals surface area (Å²) in [6.45, 7) is 5.39. The number of rotatable bonds is 13. The highest BCUT2D eigenvalue weighted by Crippen LogP contribution is 2.18. The maximum atomic E-state index is 11.5. The van der Waals surface area contributed by atoms with Crippen molar-refractivity contribution in [2.75, 3.05) is 6.54 Å². The van der Waals surface area contributed by atoms with E-state index in [0.717, 1.165) is 38.6 Å². The molecular formula is C20H34N2O. The molecule has 0 aliphatic heterocycles. The largest absolute Gasteiger partial charge is 0.353 e.